The van der Waals surface area contributed by atoms with Crippen LogP contribution in [-0.4, -0.2) is 47.0 Å². The lowest BCUT2D eigenvalue weighted by Gasteiger charge is -2.38. The van der Waals surface area contributed by atoms with Crippen molar-refractivity contribution in [2.24, 2.45) is 0 Å². The van der Waals surface area contributed by atoms with Crippen LogP contribution in [-0.2, 0) is 10.2 Å². The van der Waals surface area contributed by atoms with E-state index in [9.17, 15) is 4.79 Å². The van der Waals surface area contributed by atoms with Gasteiger partial charge in [-0.05, 0) is 64.3 Å². The Labute approximate surface area is 189 Å². The Morgan fingerprint density at radius 1 is 1.25 bits per heavy atom. The summed E-state index contributed by atoms with van der Waals surface area (Å²) < 4.78 is 13.1. The normalized spacial score (nSPS) is 15.8. The lowest BCUT2D eigenvalue weighted by atomic mass is 9.74. The number of carbonyl (C=O) groups excluding carboxylic acids is 1. The largest absolute Gasteiger partial charge is 0.494 e. The van der Waals surface area contributed by atoms with Gasteiger partial charge in [-0.3, -0.25) is 4.79 Å². The number of nitrogens with one attached hydrogen (secondary N) is 1. The zero-order chi connectivity index (χ0) is 22.7. The van der Waals surface area contributed by atoms with Crippen LogP contribution in [0.3, 0.4) is 0 Å². The highest BCUT2D eigenvalue weighted by atomic mass is 16.5. The van der Waals surface area contributed by atoms with E-state index >= 15 is 0 Å². The van der Waals surface area contributed by atoms with Crippen LogP contribution in [0.4, 0.5) is 0 Å². The summed E-state index contributed by atoms with van der Waals surface area (Å²) in [7, 11) is 0. The number of benzene rings is 1. The third-order valence-corrected chi connectivity index (χ3v) is 6.31. The standard InChI is InChI=1S/C25H32N4O3/c1-5-32-21-8-6-20(7-9-21)25(10-12-31-13-11-25)16-26-24(30)22-14-19-15-27-29(17(2)3)23(19)28-18(22)4/h6-9,14-15,17H,5,10-13,16H2,1-4H3,(H,26,30). The van der Waals surface area contributed by atoms with Crippen molar-refractivity contribution in [3.05, 3.63) is 53.3 Å². The fourth-order valence-corrected chi connectivity index (χ4v) is 4.42. The summed E-state index contributed by atoms with van der Waals surface area (Å²) in [5.74, 6) is 0.755. The van der Waals surface area contributed by atoms with Crippen LogP contribution < -0.4 is 10.1 Å². The van der Waals surface area contributed by atoms with E-state index in [1.54, 1.807) is 6.20 Å². The fraction of sp³-hybridized carbons (Fsp3) is 0.480. The van der Waals surface area contributed by atoms with Crippen molar-refractivity contribution >= 4 is 16.9 Å². The first-order valence-electron chi connectivity index (χ1n) is 11.4. The molecule has 32 heavy (non-hydrogen) atoms. The Balaban J connectivity index is 1.55. The molecular formula is C25H32N4O3. The Bertz CT molecular complexity index is 1080. The Kier molecular flexibility index (Phi) is 6.46. The third kappa shape index (κ3) is 4.35. The minimum Gasteiger partial charge on any atom is -0.494 e. The molecule has 0 bridgehead atoms. The van der Waals surface area contributed by atoms with Crippen molar-refractivity contribution in [2.45, 2.75) is 52.0 Å². The molecule has 1 amide bonds. The van der Waals surface area contributed by atoms with Gasteiger partial charge < -0.3 is 14.8 Å². The molecule has 7 nitrogen and oxygen atoms in total. The first-order chi connectivity index (χ1) is 15.4. The minimum absolute atomic E-state index is 0.106. The summed E-state index contributed by atoms with van der Waals surface area (Å²) in [5, 5.41) is 8.49. The molecule has 1 saturated heterocycles. The molecule has 3 heterocycles. The number of fused-ring (bicyclic) bond motifs is 1. The van der Waals surface area contributed by atoms with Gasteiger partial charge >= 0.3 is 0 Å². The van der Waals surface area contributed by atoms with Crippen LogP contribution in [0.25, 0.3) is 11.0 Å². The molecule has 1 aliphatic heterocycles. The summed E-state index contributed by atoms with van der Waals surface area (Å²) in [6.07, 6.45) is 3.50. The van der Waals surface area contributed by atoms with Gasteiger partial charge in [0.05, 0.1) is 24.1 Å². The maximum atomic E-state index is 13.2. The summed E-state index contributed by atoms with van der Waals surface area (Å²) in [4.78, 5) is 17.9. The van der Waals surface area contributed by atoms with E-state index in [0.717, 1.165) is 29.6 Å². The van der Waals surface area contributed by atoms with E-state index in [-0.39, 0.29) is 17.4 Å². The number of amides is 1. The van der Waals surface area contributed by atoms with Gasteiger partial charge in [-0.2, -0.15) is 5.10 Å². The quantitative estimate of drug-likeness (QED) is 0.601. The molecule has 3 aromatic rings. The van der Waals surface area contributed by atoms with Gasteiger partial charge in [0.1, 0.15) is 5.75 Å². The van der Waals surface area contributed by atoms with Crippen LogP contribution >= 0.6 is 0 Å². The molecular weight excluding hydrogens is 404 g/mol. The molecule has 1 fully saturated rings. The second kappa shape index (κ2) is 9.28. The summed E-state index contributed by atoms with van der Waals surface area (Å²) in [6.45, 7) is 10.5. The summed E-state index contributed by atoms with van der Waals surface area (Å²) >= 11 is 0. The van der Waals surface area contributed by atoms with E-state index in [2.05, 4.69) is 41.4 Å². The van der Waals surface area contributed by atoms with Crippen LogP contribution in [0.2, 0.25) is 0 Å². The maximum absolute atomic E-state index is 13.2. The molecule has 0 radical (unpaired) electrons. The Morgan fingerprint density at radius 3 is 2.62 bits per heavy atom. The molecule has 0 aliphatic carbocycles. The first kappa shape index (κ1) is 22.3. The van der Waals surface area contributed by atoms with Gasteiger partial charge in [-0.15, -0.1) is 0 Å². The molecule has 1 aromatic carbocycles. The zero-order valence-corrected chi connectivity index (χ0v) is 19.4. The van der Waals surface area contributed by atoms with Crippen molar-refractivity contribution in [1.29, 1.82) is 0 Å². The van der Waals surface area contributed by atoms with Gasteiger partial charge in [0, 0.05) is 36.6 Å². The van der Waals surface area contributed by atoms with Gasteiger partial charge in [0.15, 0.2) is 5.65 Å². The van der Waals surface area contributed by atoms with E-state index in [0.29, 0.717) is 37.6 Å². The minimum atomic E-state index is -0.160. The molecule has 0 saturated carbocycles. The number of ether oxygens (including phenoxy) is 2. The van der Waals surface area contributed by atoms with Gasteiger partial charge in [0.25, 0.3) is 5.91 Å². The van der Waals surface area contributed by atoms with E-state index in [4.69, 9.17) is 9.47 Å². The van der Waals surface area contributed by atoms with Crippen molar-refractivity contribution in [1.82, 2.24) is 20.1 Å². The molecule has 0 unspecified atom stereocenters. The van der Waals surface area contributed by atoms with E-state index < -0.39 is 0 Å². The highest BCUT2D eigenvalue weighted by Gasteiger charge is 2.35. The van der Waals surface area contributed by atoms with E-state index in [1.165, 1.54) is 5.56 Å². The number of rotatable bonds is 7. The highest BCUT2D eigenvalue weighted by Crippen LogP contribution is 2.35. The number of nitrogens with zero attached hydrogens (tertiary/aromatic N) is 3. The average molecular weight is 437 g/mol. The number of pyridine rings is 1. The summed E-state index contributed by atoms with van der Waals surface area (Å²) in [6, 6.07) is 10.3. The second-order valence-corrected chi connectivity index (χ2v) is 8.75. The highest BCUT2D eigenvalue weighted by molar-refractivity contribution is 5.98. The smallest absolute Gasteiger partial charge is 0.253 e. The predicted molar refractivity (Wildman–Crippen MR) is 124 cm³/mol. The van der Waals surface area contributed by atoms with Gasteiger partial charge in [-0.25, -0.2) is 9.67 Å². The molecule has 2 aromatic heterocycles. The lowest BCUT2D eigenvalue weighted by Crippen LogP contribution is -2.44. The van der Waals surface area contributed by atoms with Crippen LogP contribution in [0, 0.1) is 6.92 Å². The number of hydrogen-bond donors (Lipinski definition) is 1. The fourth-order valence-electron chi connectivity index (χ4n) is 4.42. The predicted octanol–water partition coefficient (Wildman–Crippen LogP) is 4.20. The average Bonchev–Trinajstić information content (AvgIpc) is 3.21. The van der Waals surface area contributed by atoms with Crippen molar-refractivity contribution < 1.29 is 14.3 Å². The first-order valence-corrected chi connectivity index (χ1v) is 11.4. The van der Waals surface area contributed by atoms with Crippen LogP contribution in [0.5, 0.6) is 5.75 Å². The van der Waals surface area contributed by atoms with Crippen LogP contribution in [0.15, 0.2) is 36.5 Å². The molecule has 0 spiro atoms. The van der Waals surface area contributed by atoms with Gasteiger partial charge in [-0.1, -0.05) is 12.1 Å². The third-order valence-electron chi connectivity index (χ3n) is 6.31. The maximum Gasteiger partial charge on any atom is 0.253 e. The van der Waals surface area contributed by atoms with Gasteiger partial charge in [0.2, 0.25) is 0 Å². The SMILES string of the molecule is CCOc1ccc(C2(CNC(=O)c3cc4cnn(C(C)C)c4nc3C)CCOCC2)cc1. The second-order valence-electron chi connectivity index (χ2n) is 8.75. The monoisotopic (exact) mass is 436 g/mol. The van der Waals surface area contributed by atoms with Crippen molar-refractivity contribution in [3.8, 4) is 5.75 Å². The topological polar surface area (TPSA) is 78.3 Å². The van der Waals surface area contributed by atoms with Crippen molar-refractivity contribution in [3.63, 3.8) is 0 Å². The molecule has 1 N–H and O–H groups in total. The molecule has 4 rings (SSSR count). The van der Waals surface area contributed by atoms with E-state index in [1.807, 2.05) is 36.7 Å². The molecule has 1 aliphatic rings. The number of aromatic nitrogens is 3. The lowest BCUT2D eigenvalue weighted by molar-refractivity contribution is 0.0487. The van der Waals surface area contributed by atoms with Crippen LogP contribution in [0.1, 0.15) is 61.3 Å². The molecule has 0 atom stereocenters. The number of hydrogen-bond acceptors (Lipinski definition) is 5. The zero-order valence-electron chi connectivity index (χ0n) is 19.4. The molecule has 7 heteroatoms. The number of carbonyl (C=O) groups is 1. The summed E-state index contributed by atoms with van der Waals surface area (Å²) in [5.41, 5.74) is 3.15. The number of aryl methyl sites for hydroxylation is 1. The molecule has 170 valence electrons. The Hall–Kier alpha value is -2.93. The Morgan fingerprint density at radius 2 is 1.97 bits per heavy atom. The van der Waals surface area contributed by atoms with Crippen molar-refractivity contribution in [2.75, 3.05) is 26.4 Å².